The molecule has 1 rings (SSSR count). The minimum absolute atomic E-state index is 0. The number of nitrogens with two attached hydrogens (primary N) is 1. The van der Waals surface area contributed by atoms with Gasteiger partial charge in [0.05, 0.1) is 0 Å². The van der Waals surface area contributed by atoms with Crippen molar-refractivity contribution in [3.63, 3.8) is 0 Å². The summed E-state index contributed by atoms with van der Waals surface area (Å²) >= 11 is 0. The van der Waals surface area contributed by atoms with Gasteiger partial charge in [0, 0.05) is 12.6 Å². The molecule has 0 aromatic heterocycles. The molecule has 0 amide bonds. The number of benzene rings is 1. The number of hydrogen-bond donors (Lipinski definition) is 2. The normalized spacial score (nSPS) is 12.7. The SMILES string of the molecule is CCC(C)NC(N)=NCCc1ccccc1OC(F)F.I. The summed E-state index contributed by atoms with van der Waals surface area (Å²) in [5.41, 5.74) is 6.41. The number of para-hydroxylation sites is 1. The number of aliphatic imine (C=N–C) groups is 1. The molecule has 0 heterocycles. The monoisotopic (exact) mass is 413 g/mol. The Morgan fingerprint density at radius 3 is 2.67 bits per heavy atom. The fourth-order valence-electron chi connectivity index (χ4n) is 1.62. The first kappa shape index (κ1) is 19.9. The van der Waals surface area contributed by atoms with Crippen LogP contribution < -0.4 is 15.8 Å². The van der Waals surface area contributed by atoms with Gasteiger partial charge in [-0.25, -0.2) is 0 Å². The van der Waals surface area contributed by atoms with E-state index in [2.05, 4.69) is 15.0 Å². The van der Waals surface area contributed by atoms with Crippen molar-refractivity contribution in [2.45, 2.75) is 39.3 Å². The highest BCUT2D eigenvalue weighted by atomic mass is 127. The van der Waals surface area contributed by atoms with E-state index >= 15 is 0 Å². The van der Waals surface area contributed by atoms with Crippen molar-refractivity contribution in [3.05, 3.63) is 29.8 Å². The van der Waals surface area contributed by atoms with Gasteiger partial charge in [-0.2, -0.15) is 8.78 Å². The summed E-state index contributed by atoms with van der Waals surface area (Å²) in [6, 6.07) is 6.95. The largest absolute Gasteiger partial charge is 0.435 e. The zero-order chi connectivity index (χ0) is 15.0. The Labute approximate surface area is 141 Å². The van der Waals surface area contributed by atoms with Crippen LogP contribution in [0, 0.1) is 0 Å². The predicted octanol–water partition coefficient (Wildman–Crippen LogP) is 3.15. The van der Waals surface area contributed by atoms with E-state index in [-0.39, 0.29) is 35.8 Å². The third-order valence-corrected chi connectivity index (χ3v) is 2.86. The number of nitrogens with one attached hydrogen (secondary N) is 1. The smallest absolute Gasteiger partial charge is 0.387 e. The molecule has 1 unspecified atom stereocenters. The van der Waals surface area contributed by atoms with Crippen LogP contribution in [0.3, 0.4) is 0 Å². The first-order chi connectivity index (χ1) is 9.52. The maximum atomic E-state index is 12.3. The number of halogens is 3. The maximum absolute atomic E-state index is 12.3. The fourth-order valence-corrected chi connectivity index (χ4v) is 1.62. The Hall–Kier alpha value is -1.12. The van der Waals surface area contributed by atoms with E-state index in [1.54, 1.807) is 18.2 Å². The number of hydrogen-bond acceptors (Lipinski definition) is 2. The molecule has 0 bridgehead atoms. The summed E-state index contributed by atoms with van der Waals surface area (Å²) in [5, 5.41) is 3.04. The molecular formula is C14H22F2IN3O. The molecule has 7 heteroatoms. The molecule has 0 aliphatic carbocycles. The first-order valence-corrected chi connectivity index (χ1v) is 6.62. The van der Waals surface area contributed by atoms with E-state index in [4.69, 9.17) is 5.73 Å². The molecule has 0 aliphatic rings. The summed E-state index contributed by atoms with van der Waals surface area (Å²) < 4.78 is 29.0. The summed E-state index contributed by atoms with van der Waals surface area (Å²) in [7, 11) is 0. The molecule has 120 valence electrons. The zero-order valence-corrected chi connectivity index (χ0v) is 14.5. The highest BCUT2D eigenvalue weighted by molar-refractivity contribution is 14.0. The van der Waals surface area contributed by atoms with Gasteiger partial charge in [0.15, 0.2) is 5.96 Å². The minimum Gasteiger partial charge on any atom is -0.435 e. The summed E-state index contributed by atoms with van der Waals surface area (Å²) in [6.07, 6.45) is 1.44. The Morgan fingerprint density at radius 1 is 1.38 bits per heavy atom. The lowest BCUT2D eigenvalue weighted by Crippen LogP contribution is -2.38. The molecule has 0 spiro atoms. The van der Waals surface area contributed by atoms with Crippen LogP contribution >= 0.6 is 24.0 Å². The van der Waals surface area contributed by atoms with Crippen molar-refractivity contribution in [1.29, 1.82) is 0 Å². The molecule has 1 aromatic carbocycles. The van der Waals surface area contributed by atoms with Crippen molar-refractivity contribution < 1.29 is 13.5 Å². The average molecular weight is 413 g/mol. The molecule has 0 fully saturated rings. The molecule has 21 heavy (non-hydrogen) atoms. The van der Waals surface area contributed by atoms with Gasteiger partial charge >= 0.3 is 6.61 Å². The maximum Gasteiger partial charge on any atom is 0.387 e. The summed E-state index contributed by atoms with van der Waals surface area (Å²) in [4.78, 5) is 4.17. The summed E-state index contributed by atoms with van der Waals surface area (Å²) in [5.74, 6) is 0.553. The van der Waals surface area contributed by atoms with Gasteiger partial charge in [0.1, 0.15) is 5.75 Å². The van der Waals surface area contributed by atoms with Gasteiger partial charge in [-0.15, -0.1) is 24.0 Å². The standard InChI is InChI=1S/C14H21F2N3O.HI/c1-3-10(2)19-14(17)18-9-8-11-6-4-5-7-12(11)20-13(15)16;/h4-7,10,13H,3,8-9H2,1-2H3,(H3,17,18,19);1H. The fraction of sp³-hybridized carbons (Fsp3) is 0.500. The third kappa shape index (κ3) is 8.03. The van der Waals surface area contributed by atoms with Crippen LogP contribution in [0.1, 0.15) is 25.8 Å². The van der Waals surface area contributed by atoms with E-state index in [1.807, 2.05) is 13.8 Å². The lowest BCUT2D eigenvalue weighted by molar-refractivity contribution is -0.0504. The second kappa shape index (κ2) is 10.6. The van der Waals surface area contributed by atoms with E-state index in [0.717, 1.165) is 6.42 Å². The van der Waals surface area contributed by atoms with Gasteiger partial charge < -0.3 is 15.8 Å². The van der Waals surface area contributed by atoms with Gasteiger partial charge in [0.25, 0.3) is 0 Å². The van der Waals surface area contributed by atoms with Crippen molar-refractivity contribution in [2.24, 2.45) is 10.7 Å². The molecule has 0 aliphatic heterocycles. The first-order valence-electron chi connectivity index (χ1n) is 6.62. The van der Waals surface area contributed by atoms with E-state index in [0.29, 0.717) is 24.5 Å². The lowest BCUT2D eigenvalue weighted by Gasteiger charge is -2.12. The van der Waals surface area contributed by atoms with Crippen molar-refractivity contribution in [1.82, 2.24) is 5.32 Å². The molecule has 1 aromatic rings. The van der Waals surface area contributed by atoms with Crippen LogP contribution in [0.2, 0.25) is 0 Å². The van der Waals surface area contributed by atoms with E-state index in [9.17, 15) is 8.78 Å². The van der Waals surface area contributed by atoms with Crippen LogP contribution in [-0.2, 0) is 6.42 Å². The van der Waals surface area contributed by atoms with Gasteiger partial charge in [0.2, 0.25) is 0 Å². The van der Waals surface area contributed by atoms with Crippen LogP contribution in [0.25, 0.3) is 0 Å². The van der Waals surface area contributed by atoms with Crippen molar-refractivity contribution in [3.8, 4) is 5.75 Å². The number of rotatable bonds is 7. The average Bonchev–Trinajstić information content (AvgIpc) is 2.40. The van der Waals surface area contributed by atoms with Crippen LogP contribution in [0.4, 0.5) is 8.78 Å². The quantitative estimate of drug-likeness (QED) is 0.410. The minimum atomic E-state index is -2.82. The zero-order valence-electron chi connectivity index (χ0n) is 12.2. The van der Waals surface area contributed by atoms with E-state index < -0.39 is 6.61 Å². The molecular weight excluding hydrogens is 391 g/mol. The Balaban J connectivity index is 0.00000400. The topological polar surface area (TPSA) is 59.6 Å². The number of nitrogens with zero attached hydrogens (tertiary/aromatic N) is 1. The van der Waals surface area contributed by atoms with E-state index in [1.165, 1.54) is 6.07 Å². The van der Waals surface area contributed by atoms with Gasteiger partial charge in [-0.1, -0.05) is 25.1 Å². The molecule has 0 saturated heterocycles. The third-order valence-electron chi connectivity index (χ3n) is 2.86. The number of guanidine groups is 1. The van der Waals surface area contributed by atoms with Crippen LogP contribution in [-0.4, -0.2) is 25.2 Å². The predicted molar refractivity (Wildman–Crippen MR) is 91.6 cm³/mol. The summed E-state index contributed by atoms with van der Waals surface area (Å²) in [6.45, 7) is 1.65. The molecule has 4 nitrogen and oxygen atoms in total. The van der Waals surface area contributed by atoms with Crippen LogP contribution in [0.5, 0.6) is 5.75 Å². The lowest BCUT2D eigenvalue weighted by atomic mass is 10.1. The molecule has 0 saturated carbocycles. The molecule has 3 N–H and O–H groups in total. The second-order valence-corrected chi connectivity index (χ2v) is 4.46. The second-order valence-electron chi connectivity index (χ2n) is 4.46. The Bertz CT molecular complexity index is 444. The van der Waals surface area contributed by atoms with Crippen molar-refractivity contribution in [2.75, 3.05) is 6.54 Å². The number of ether oxygens (including phenoxy) is 1. The van der Waals surface area contributed by atoms with Gasteiger partial charge in [-0.05, 0) is 31.4 Å². The number of alkyl halides is 2. The highest BCUT2D eigenvalue weighted by Crippen LogP contribution is 2.20. The Kier molecular flexibility index (Phi) is 10.0. The molecule has 1 atom stereocenters. The van der Waals surface area contributed by atoms with Gasteiger partial charge in [-0.3, -0.25) is 4.99 Å². The Morgan fingerprint density at radius 2 is 2.05 bits per heavy atom. The highest BCUT2D eigenvalue weighted by Gasteiger charge is 2.08. The van der Waals surface area contributed by atoms with Crippen molar-refractivity contribution >= 4 is 29.9 Å². The van der Waals surface area contributed by atoms with Crippen LogP contribution in [0.15, 0.2) is 29.3 Å². The molecule has 0 radical (unpaired) electrons.